The summed E-state index contributed by atoms with van der Waals surface area (Å²) in [5, 5.41) is 0.769. The van der Waals surface area contributed by atoms with Gasteiger partial charge in [-0.15, -0.1) is 0 Å². The first-order chi connectivity index (χ1) is 15.7. The van der Waals surface area contributed by atoms with Crippen molar-refractivity contribution >= 4 is 27.8 Å². The van der Waals surface area contributed by atoms with E-state index in [-0.39, 0.29) is 11.9 Å². The Morgan fingerprint density at radius 1 is 1.00 bits per heavy atom. The van der Waals surface area contributed by atoms with Crippen molar-refractivity contribution in [1.82, 2.24) is 19.9 Å². The SMILES string of the molecule is COc1cc2nc(CF)nc(N3CCC(Oc4cnc5ccccc5n4)C3)c2cc1OC. The summed E-state index contributed by atoms with van der Waals surface area (Å²) in [6.07, 6.45) is 2.33. The highest BCUT2D eigenvalue weighted by Gasteiger charge is 2.28. The minimum Gasteiger partial charge on any atom is -0.493 e. The molecule has 3 heterocycles. The number of nitrogens with zero attached hydrogens (tertiary/aromatic N) is 5. The van der Waals surface area contributed by atoms with Crippen LogP contribution in [0.2, 0.25) is 0 Å². The van der Waals surface area contributed by atoms with Crippen LogP contribution < -0.4 is 19.1 Å². The molecule has 1 saturated heterocycles. The van der Waals surface area contributed by atoms with Gasteiger partial charge in [0.1, 0.15) is 18.6 Å². The number of fused-ring (bicyclic) bond motifs is 2. The van der Waals surface area contributed by atoms with Crippen molar-refractivity contribution in [3.05, 3.63) is 48.4 Å². The third-order valence-electron chi connectivity index (χ3n) is 5.51. The number of benzene rings is 2. The fourth-order valence-electron chi connectivity index (χ4n) is 3.97. The normalized spacial score (nSPS) is 16.0. The van der Waals surface area contributed by atoms with E-state index in [4.69, 9.17) is 14.2 Å². The molecule has 1 aliphatic rings. The summed E-state index contributed by atoms with van der Waals surface area (Å²) in [5.41, 5.74) is 2.21. The van der Waals surface area contributed by atoms with Crippen molar-refractivity contribution in [1.29, 1.82) is 0 Å². The fraction of sp³-hybridized carbons (Fsp3) is 0.304. The Bertz CT molecular complexity index is 1290. The van der Waals surface area contributed by atoms with Crippen molar-refractivity contribution < 1.29 is 18.6 Å². The Labute approximate surface area is 184 Å². The van der Waals surface area contributed by atoms with Gasteiger partial charge in [0, 0.05) is 24.4 Å². The van der Waals surface area contributed by atoms with Crippen molar-refractivity contribution in [3.63, 3.8) is 0 Å². The first-order valence-corrected chi connectivity index (χ1v) is 10.3. The maximum atomic E-state index is 13.5. The topological polar surface area (TPSA) is 82.5 Å². The molecule has 0 bridgehead atoms. The van der Waals surface area contributed by atoms with Crippen LogP contribution in [-0.2, 0) is 6.67 Å². The van der Waals surface area contributed by atoms with E-state index in [2.05, 4.69) is 24.8 Å². The molecule has 2 aromatic heterocycles. The number of alkyl halides is 1. The molecule has 0 aliphatic carbocycles. The number of para-hydroxylation sites is 2. The zero-order valence-electron chi connectivity index (χ0n) is 17.8. The molecule has 1 atom stereocenters. The van der Waals surface area contributed by atoms with E-state index in [1.807, 2.05) is 30.3 Å². The van der Waals surface area contributed by atoms with Crippen LogP contribution in [0.15, 0.2) is 42.6 Å². The number of rotatable bonds is 6. The van der Waals surface area contributed by atoms with E-state index >= 15 is 0 Å². The van der Waals surface area contributed by atoms with Gasteiger partial charge >= 0.3 is 0 Å². The monoisotopic (exact) mass is 435 g/mol. The second kappa shape index (κ2) is 8.41. The number of aromatic nitrogens is 4. The molecule has 2 aromatic carbocycles. The number of methoxy groups -OCH3 is 2. The van der Waals surface area contributed by atoms with Gasteiger partial charge < -0.3 is 19.1 Å². The zero-order valence-corrected chi connectivity index (χ0v) is 17.8. The molecule has 4 aromatic rings. The quantitative estimate of drug-likeness (QED) is 0.453. The molecule has 0 N–H and O–H groups in total. The van der Waals surface area contributed by atoms with Gasteiger partial charge in [-0.05, 0) is 18.2 Å². The van der Waals surface area contributed by atoms with Crippen molar-refractivity contribution in [2.45, 2.75) is 19.2 Å². The Morgan fingerprint density at radius 3 is 2.56 bits per heavy atom. The summed E-state index contributed by atoms with van der Waals surface area (Å²) in [6, 6.07) is 11.2. The third kappa shape index (κ3) is 3.70. The molecule has 1 unspecified atom stereocenters. The van der Waals surface area contributed by atoms with Gasteiger partial charge in [-0.3, -0.25) is 0 Å². The molecule has 0 amide bonds. The Kier molecular flexibility index (Phi) is 5.30. The van der Waals surface area contributed by atoms with Crippen LogP contribution in [0.25, 0.3) is 21.9 Å². The second-order valence-electron chi connectivity index (χ2n) is 7.49. The lowest BCUT2D eigenvalue weighted by Gasteiger charge is -2.21. The van der Waals surface area contributed by atoms with E-state index in [9.17, 15) is 4.39 Å². The summed E-state index contributed by atoms with van der Waals surface area (Å²) < 4.78 is 30.4. The summed E-state index contributed by atoms with van der Waals surface area (Å²) in [7, 11) is 3.13. The number of halogens is 1. The average Bonchev–Trinajstić information content (AvgIpc) is 3.30. The molecule has 32 heavy (non-hydrogen) atoms. The third-order valence-corrected chi connectivity index (χ3v) is 5.51. The fourth-order valence-corrected chi connectivity index (χ4v) is 3.97. The number of ether oxygens (including phenoxy) is 3. The molecular formula is C23H22FN5O3. The molecule has 5 rings (SSSR count). The predicted octanol–water partition coefficient (Wildman–Crippen LogP) is 3.72. The number of hydrogen-bond donors (Lipinski definition) is 0. The van der Waals surface area contributed by atoms with Crippen LogP contribution in [0.3, 0.4) is 0 Å². The van der Waals surface area contributed by atoms with Crippen molar-refractivity contribution in [2.75, 3.05) is 32.2 Å². The molecule has 164 valence electrons. The summed E-state index contributed by atoms with van der Waals surface area (Å²) in [5.74, 6) is 2.37. The van der Waals surface area contributed by atoms with Gasteiger partial charge in [-0.2, -0.15) is 0 Å². The van der Waals surface area contributed by atoms with Crippen LogP contribution in [-0.4, -0.2) is 53.3 Å². The average molecular weight is 435 g/mol. The van der Waals surface area contributed by atoms with Gasteiger partial charge in [-0.25, -0.2) is 24.3 Å². The lowest BCUT2D eigenvalue weighted by molar-refractivity contribution is 0.216. The number of anilines is 1. The minimum absolute atomic E-state index is 0.0931. The second-order valence-corrected chi connectivity index (χ2v) is 7.49. The first kappa shape index (κ1) is 20.2. The molecule has 8 nitrogen and oxygen atoms in total. The number of hydrogen-bond acceptors (Lipinski definition) is 8. The van der Waals surface area contributed by atoms with Crippen LogP contribution in [0, 0.1) is 0 Å². The highest BCUT2D eigenvalue weighted by Crippen LogP contribution is 2.36. The van der Waals surface area contributed by atoms with E-state index in [0.29, 0.717) is 41.8 Å². The highest BCUT2D eigenvalue weighted by molar-refractivity contribution is 5.92. The van der Waals surface area contributed by atoms with Crippen molar-refractivity contribution in [3.8, 4) is 17.4 Å². The van der Waals surface area contributed by atoms with E-state index < -0.39 is 6.67 Å². The maximum absolute atomic E-state index is 13.5. The Hall–Kier alpha value is -3.75. The minimum atomic E-state index is -0.752. The molecule has 9 heteroatoms. The maximum Gasteiger partial charge on any atom is 0.233 e. The van der Waals surface area contributed by atoms with Crippen LogP contribution in [0.4, 0.5) is 10.2 Å². The lowest BCUT2D eigenvalue weighted by atomic mass is 10.2. The summed E-state index contributed by atoms with van der Waals surface area (Å²) >= 11 is 0. The molecule has 0 radical (unpaired) electrons. The lowest BCUT2D eigenvalue weighted by Crippen LogP contribution is -2.26. The van der Waals surface area contributed by atoms with Gasteiger partial charge in [0.25, 0.3) is 0 Å². The van der Waals surface area contributed by atoms with Crippen molar-refractivity contribution in [2.24, 2.45) is 0 Å². The van der Waals surface area contributed by atoms with Crippen LogP contribution in [0.1, 0.15) is 12.2 Å². The van der Waals surface area contributed by atoms with Gasteiger partial charge in [0.2, 0.25) is 5.88 Å². The van der Waals surface area contributed by atoms with Gasteiger partial charge in [-0.1, -0.05) is 12.1 Å². The predicted molar refractivity (Wildman–Crippen MR) is 118 cm³/mol. The van der Waals surface area contributed by atoms with Crippen LogP contribution >= 0.6 is 0 Å². The first-order valence-electron chi connectivity index (χ1n) is 10.3. The Morgan fingerprint density at radius 2 is 1.78 bits per heavy atom. The molecule has 0 saturated carbocycles. The smallest absolute Gasteiger partial charge is 0.233 e. The van der Waals surface area contributed by atoms with Gasteiger partial charge in [0.15, 0.2) is 17.3 Å². The molecule has 1 fully saturated rings. The van der Waals surface area contributed by atoms with E-state index in [1.165, 1.54) is 0 Å². The van der Waals surface area contributed by atoms with E-state index in [1.54, 1.807) is 26.5 Å². The summed E-state index contributed by atoms with van der Waals surface area (Å²) in [6.45, 7) is 0.538. The van der Waals surface area contributed by atoms with E-state index in [0.717, 1.165) is 22.8 Å². The standard InChI is InChI=1S/C23H22FN5O3/c1-30-19-9-15-18(10-20(19)31-2)26-21(11-24)28-23(15)29-8-7-14(13-29)32-22-12-25-16-5-3-4-6-17(16)27-22/h3-6,9-10,12,14H,7-8,11,13H2,1-2H3. The molecular weight excluding hydrogens is 413 g/mol. The van der Waals surface area contributed by atoms with Crippen LogP contribution in [0.5, 0.6) is 17.4 Å². The largest absolute Gasteiger partial charge is 0.493 e. The molecule has 1 aliphatic heterocycles. The highest BCUT2D eigenvalue weighted by atomic mass is 19.1. The van der Waals surface area contributed by atoms with Gasteiger partial charge in [0.05, 0.1) is 43.5 Å². The summed E-state index contributed by atoms with van der Waals surface area (Å²) in [4.78, 5) is 19.8. The zero-order chi connectivity index (χ0) is 22.1. The Balaban J connectivity index is 1.43. The molecule has 0 spiro atoms.